The summed E-state index contributed by atoms with van der Waals surface area (Å²) in [6.07, 6.45) is 0.306. The Morgan fingerprint density at radius 1 is 1.32 bits per heavy atom. The van der Waals surface area contributed by atoms with Crippen molar-refractivity contribution in [3.8, 4) is 11.5 Å². The van der Waals surface area contributed by atoms with Crippen molar-refractivity contribution >= 4 is 18.3 Å². The van der Waals surface area contributed by atoms with E-state index in [1.807, 2.05) is 24.3 Å². The van der Waals surface area contributed by atoms with Crippen molar-refractivity contribution in [3.63, 3.8) is 0 Å². The molecule has 2 heterocycles. The number of para-hydroxylation sites is 2. The van der Waals surface area contributed by atoms with Crippen LogP contribution in [0.25, 0.3) is 0 Å². The second kappa shape index (κ2) is 5.67. The number of benzene rings is 1. The van der Waals surface area contributed by atoms with Gasteiger partial charge in [-0.1, -0.05) is 12.1 Å². The second-order valence-corrected chi connectivity index (χ2v) is 4.70. The van der Waals surface area contributed by atoms with Gasteiger partial charge >= 0.3 is 0 Å². The molecule has 0 saturated carbocycles. The van der Waals surface area contributed by atoms with E-state index in [-0.39, 0.29) is 31.0 Å². The molecular formula is C13H17ClN2O3. The van der Waals surface area contributed by atoms with Crippen molar-refractivity contribution in [1.29, 1.82) is 0 Å². The lowest BCUT2D eigenvalue weighted by molar-refractivity contribution is -0.140. The maximum Gasteiger partial charge on any atom is 0.267 e. The maximum atomic E-state index is 12.2. The largest absolute Gasteiger partial charge is 0.485 e. The first-order valence-corrected chi connectivity index (χ1v) is 6.17. The highest BCUT2D eigenvalue weighted by Gasteiger charge is 2.33. The van der Waals surface area contributed by atoms with Crippen LogP contribution in [-0.2, 0) is 4.79 Å². The number of rotatable bonds is 1. The normalized spacial score (nSPS) is 24.8. The molecule has 2 atom stereocenters. The van der Waals surface area contributed by atoms with Crippen LogP contribution in [-0.4, -0.2) is 42.6 Å². The number of hydrogen-bond donors (Lipinski definition) is 1. The summed E-state index contributed by atoms with van der Waals surface area (Å²) in [6.45, 7) is 1.59. The van der Waals surface area contributed by atoms with Crippen LogP contribution in [0.4, 0.5) is 0 Å². The summed E-state index contributed by atoms with van der Waals surface area (Å²) in [5, 5.41) is 0. The van der Waals surface area contributed by atoms with E-state index in [1.54, 1.807) is 4.90 Å². The molecule has 3 rings (SSSR count). The molecule has 0 spiro atoms. The van der Waals surface area contributed by atoms with Gasteiger partial charge in [0.25, 0.3) is 5.91 Å². The topological polar surface area (TPSA) is 64.8 Å². The minimum atomic E-state index is -0.551. The molecule has 0 aliphatic carbocycles. The van der Waals surface area contributed by atoms with Crippen LogP contribution in [0, 0.1) is 0 Å². The Bertz CT molecular complexity index is 469. The smallest absolute Gasteiger partial charge is 0.267 e. The fourth-order valence-electron chi connectivity index (χ4n) is 2.33. The summed E-state index contributed by atoms with van der Waals surface area (Å²) in [4.78, 5) is 14.0. The molecule has 1 aromatic carbocycles. The first-order chi connectivity index (χ1) is 8.74. The number of carbonyl (C=O) groups is 1. The Kier molecular flexibility index (Phi) is 4.17. The van der Waals surface area contributed by atoms with E-state index in [1.165, 1.54) is 0 Å². The highest BCUT2D eigenvalue weighted by Crippen LogP contribution is 2.31. The molecule has 2 unspecified atom stereocenters. The molecule has 2 aliphatic heterocycles. The summed E-state index contributed by atoms with van der Waals surface area (Å²) in [6, 6.07) is 7.47. The molecule has 0 bridgehead atoms. The third-order valence-electron chi connectivity index (χ3n) is 3.32. The van der Waals surface area contributed by atoms with Crippen molar-refractivity contribution < 1.29 is 14.3 Å². The quantitative estimate of drug-likeness (QED) is 0.829. The predicted octanol–water partition coefficient (Wildman–Crippen LogP) is 0.808. The highest BCUT2D eigenvalue weighted by atomic mass is 35.5. The molecule has 6 heteroatoms. The first kappa shape index (κ1) is 14.0. The van der Waals surface area contributed by atoms with Gasteiger partial charge in [0.05, 0.1) is 0 Å². The lowest BCUT2D eigenvalue weighted by Crippen LogP contribution is -2.46. The van der Waals surface area contributed by atoms with Gasteiger partial charge in [-0.15, -0.1) is 12.4 Å². The van der Waals surface area contributed by atoms with Crippen molar-refractivity contribution in [2.45, 2.75) is 18.6 Å². The predicted molar refractivity (Wildman–Crippen MR) is 72.8 cm³/mol. The highest BCUT2D eigenvalue weighted by molar-refractivity contribution is 5.85. The molecule has 1 fully saturated rings. The minimum absolute atomic E-state index is 0. The van der Waals surface area contributed by atoms with Crippen LogP contribution in [0.2, 0.25) is 0 Å². The number of halogens is 1. The molecule has 2 aliphatic rings. The van der Waals surface area contributed by atoms with Gasteiger partial charge in [-0.2, -0.15) is 0 Å². The molecule has 1 aromatic rings. The molecule has 19 heavy (non-hydrogen) atoms. The zero-order chi connectivity index (χ0) is 12.5. The van der Waals surface area contributed by atoms with Gasteiger partial charge in [-0.25, -0.2) is 0 Å². The van der Waals surface area contributed by atoms with Gasteiger partial charge in [0, 0.05) is 19.1 Å². The maximum absolute atomic E-state index is 12.2. The summed E-state index contributed by atoms with van der Waals surface area (Å²) in [5.74, 6) is 1.29. The van der Waals surface area contributed by atoms with Crippen molar-refractivity contribution in [2.24, 2.45) is 5.73 Å². The third kappa shape index (κ3) is 2.77. The van der Waals surface area contributed by atoms with E-state index in [2.05, 4.69) is 0 Å². The van der Waals surface area contributed by atoms with E-state index in [0.717, 1.165) is 6.42 Å². The number of nitrogens with two attached hydrogens (primary N) is 1. The Hall–Kier alpha value is -1.46. The first-order valence-electron chi connectivity index (χ1n) is 6.17. The van der Waals surface area contributed by atoms with Crippen molar-refractivity contribution in [1.82, 2.24) is 4.90 Å². The Morgan fingerprint density at radius 2 is 2.05 bits per heavy atom. The van der Waals surface area contributed by atoms with Gasteiger partial charge in [0.2, 0.25) is 6.10 Å². The summed E-state index contributed by atoms with van der Waals surface area (Å²) < 4.78 is 11.2. The van der Waals surface area contributed by atoms with Crippen LogP contribution in [0.1, 0.15) is 6.42 Å². The molecular weight excluding hydrogens is 268 g/mol. The van der Waals surface area contributed by atoms with Crippen molar-refractivity contribution in [3.05, 3.63) is 24.3 Å². The molecule has 0 aromatic heterocycles. The summed E-state index contributed by atoms with van der Waals surface area (Å²) >= 11 is 0. The van der Waals surface area contributed by atoms with Gasteiger partial charge in [0.15, 0.2) is 11.5 Å². The molecule has 5 nitrogen and oxygen atoms in total. The summed E-state index contributed by atoms with van der Waals surface area (Å²) in [7, 11) is 0. The van der Waals surface area contributed by atoms with Gasteiger partial charge in [-0.05, 0) is 18.6 Å². The van der Waals surface area contributed by atoms with E-state index in [9.17, 15) is 4.79 Å². The van der Waals surface area contributed by atoms with E-state index in [0.29, 0.717) is 24.6 Å². The standard InChI is InChI=1S/C13H16N2O3.ClH/c14-9-5-6-15(7-9)13(16)12-8-17-10-3-1-2-4-11(10)18-12;/h1-4,9,12H,5-8,14H2;1H. The summed E-state index contributed by atoms with van der Waals surface area (Å²) in [5.41, 5.74) is 5.80. The molecule has 1 amide bonds. The van der Waals surface area contributed by atoms with E-state index < -0.39 is 6.10 Å². The second-order valence-electron chi connectivity index (χ2n) is 4.70. The van der Waals surface area contributed by atoms with Crippen LogP contribution in [0.15, 0.2) is 24.3 Å². The van der Waals surface area contributed by atoms with Crippen LogP contribution in [0.3, 0.4) is 0 Å². The van der Waals surface area contributed by atoms with E-state index in [4.69, 9.17) is 15.2 Å². The number of carbonyl (C=O) groups excluding carboxylic acids is 1. The Morgan fingerprint density at radius 3 is 2.74 bits per heavy atom. The lowest BCUT2D eigenvalue weighted by atomic mass is 10.2. The van der Waals surface area contributed by atoms with E-state index >= 15 is 0 Å². The van der Waals surface area contributed by atoms with Gasteiger partial charge in [0.1, 0.15) is 6.61 Å². The molecule has 2 N–H and O–H groups in total. The molecule has 1 saturated heterocycles. The number of ether oxygens (including phenoxy) is 2. The number of amides is 1. The molecule has 0 radical (unpaired) electrons. The number of fused-ring (bicyclic) bond motifs is 1. The van der Waals surface area contributed by atoms with Crippen LogP contribution < -0.4 is 15.2 Å². The SMILES string of the molecule is Cl.NC1CCN(C(=O)C2COc3ccccc3O2)C1. The lowest BCUT2D eigenvalue weighted by Gasteiger charge is -2.28. The third-order valence-corrected chi connectivity index (χ3v) is 3.32. The molecule has 104 valence electrons. The Balaban J connectivity index is 0.00000133. The zero-order valence-electron chi connectivity index (χ0n) is 10.5. The fraction of sp³-hybridized carbons (Fsp3) is 0.462. The van der Waals surface area contributed by atoms with Crippen LogP contribution in [0.5, 0.6) is 11.5 Å². The van der Waals surface area contributed by atoms with Crippen LogP contribution >= 0.6 is 12.4 Å². The fourth-order valence-corrected chi connectivity index (χ4v) is 2.33. The van der Waals surface area contributed by atoms with Gasteiger partial charge < -0.3 is 20.1 Å². The number of nitrogens with zero attached hydrogens (tertiary/aromatic N) is 1. The zero-order valence-corrected chi connectivity index (χ0v) is 11.3. The monoisotopic (exact) mass is 284 g/mol. The van der Waals surface area contributed by atoms with Crippen molar-refractivity contribution in [2.75, 3.05) is 19.7 Å². The number of likely N-dealkylation sites (tertiary alicyclic amines) is 1. The van der Waals surface area contributed by atoms with Gasteiger partial charge in [-0.3, -0.25) is 4.79 Å². The average molecular weight is 285 g/mol. The number of hydrogen-bond acceptors (Lipinski definition) is 4. The minimum Gasteiger partial charge on any atom is -0.485 e. The Labute approximate surface area is 118 Å². The average Bonchev–Trinajstić information content (AvgIpc) is 2.84.